The van der Waals surface area contributed by atoms with Crippen molar-refractivity contribution in [3.63, 3.8) is 0 Å². The van der Waals surface area contributed by atoms with Gasteiger partial charge in [0, 0.05) is 19.0 Å². The Balaban J connectivity index is 1.87. The maximum Gasteiger partial charge on any atom is 0.270 e. The third kappa shape index (κ3) is 4.75. The predicted octanol–water partition coefficient (Wildman–Crippen LogP) is 4.08. The van der Waals surface area contributed by atoms with Gasteiger partial charge in [-0.25, -0.2) is 13.1 Å². The highest BCUT2D eigenvalue weighted by molar-refractivity contribution is 7.92. The Bertz CT molecular complexity index is 1310. The van der Waals surface area contributed by atoms with Crippen LogP contribution in [-0.4, -0.2) is 50.6 Å². The summed E-state index contributed by atoms with van der Waals surface area (Å²) in [5.74, 6) is 1.20. The summed E-state index contributed by atoms with van der Waals surface area (Å²) in [6, 6.07) is 11.2. The van der Waals surface area contributed by atoms with Crippen LogP contribution in [0.2, 0.25) is 0 Å². The number of hydrogen-bond acceptors (Lipinski definition) is 5. The third-order valence-electron chi connectivity index (χ3n) is 5.90. The van der Waals surface area contributed by atoms with E-state index in [-0.39, 0.29) is 11.8 Å². The van der Waals surface area contributed by atoms with E-state index in [4.69, 9.17) is 9.84 Å². The fourth-order valence-electron chi connectivity index (χ4n) is 4.13. The van der Waals surface area contributed by atoms with Gasteiger partial charge in [-0.1, -0.05) is 13.8 Å². The number of carbonyl (C=O) groups excluding carboxylic acids is 1. The Labute approximate surface area is 200 Å². The molecule has 4 rings (SSSR count). The average Bonchev–Trinajstić information content (AvgIpc) is 3.57. The zero-order valence-corrected chi connectivity index (χ0v) is 21.1. The van der Waals surface area contributed by atoms with Crippen molar-refractivity contribution in [1.82, 2.24) is 15.1 Å². The van der Waals surface area contributed by atoms with Crippen LogP contribution < -0.4 is 14.4 Å². The first kappa shape index (κ1) is 24.1. The number of anilines is 1. The molecule has 2 aromatic carbocycles. The van der Waals surface area contributed by atoms with Gasteiger partial charge in [-0.15, -0.1) is 0 Å². The van der Waals surface area contributed by atoms with Crippen molar-refractivity contribution >= 4 is 32.5 Å². The van der Waals surface area contributed by atoms with Crippen molar-refractivity contribution in [2.75, 3.05) is 30.8 Å². The van der Waals surface area contributed by atoms with Gasteiger partial charge in [0.05, 0.1) is 29.8 Å². The molecule has 3 aromatic rings. The van der Waals surface area contributed by atoms with E-state index < -0.39 is 10.0 Å². The van der Waals surface area contributed by atoms with Gasteiger partial charge in [0.1, 0.15) is 11.4 Å². The van der Waals surface area contributed by atoms with E-state index in [1.165, 1.54) is 10.6 Å². The molecule has 1 N–H and O–H groups in total. The van der Waals surface area contributed by atoms with Gasteiger partial charge >= 0.3 is 0 Å². The van der Waals surface area contributed by atoms with Crippen LogP contribution in [0, 0.1) is 5.92 Å². The highest BCUT2D eigenvalue weighted by Crippen LogP contribution is 2.46. The predicted molar refractivity (Wildman–Crippen MR) is 135 cm³/mol. The van der Waals surface area contributed by atoms with Gasteiger partial charge in [-0.3, -0.25) is 9.10 Å². The Hall–Kier alpha value is -3.07. The monoisotopic (exact) mass is 484 g/mol. The van der Waals surface area contributed by atoms with E-state index in [0.29, 0.717) is 41.4 Å². The van der Waals surface area contributed by atoms with Crippen LogP contribution in [-0.2, 0) is 10.0 Å². The number of nitrogens with zero attached hydrogens (tertiary/aromatic N) is 3. The summed E-state index contributed by atoms with van der Waals surface area (Å²) in [5.41, 5.74) is 3.30. The molecule has 0 aliphatic heterocycles. The normalized spacial score (nSPS) is 13.9. The Morgan fingerprint density at radius 3 is 2.44 bits per heavy atom. The number of amides is 1. The van der Waals surface area contributed by atoms with Crippen molar-refractivity contribution in [3.8, 4) is 11.4 Å². The van der Waals surface area contributed by atoms with Crippen LogP contribution in [0.25, 0.3) is 16.6 Å². The number of benzene rings is 2. The first-order valence-corrected chi connectivity index (χ1v) is 13.5. The largest absolute Gasteiger partial charge is 0.493 e. The molecule has 1 aromatic heterocycles. The van der Waals surface area contributed by atoms with E-state index in [0.717, 1.165) is 29.8 Å². The van der Waals surface area contributed by atoms with E-state index in [1.54, 1.807) is 17.8 Å². The Morgan fingerprint density at radius 1 is 1.24 bits per heavy atom. The molecule has 182 valence electrons. The SMILES string of the molecule is CCN(c1cc2nn(-c3ccc(OCC(C)C)cc3)c(C(=O)NC)c2cc1C1CC1)S(C)(=O)=O. The maximum absolute atomic E-state index is 13.0. The molecule has 1 saturated carbocycles. The van der Waals surface area contributed by atoms with E-state index in [2.05, 4.69) is 19.2 Å². The van der Waals surface area contributed by atoms with Crippen molar-refractivity contribution in [3.05, 3.63) is 47.7 Å². The molecule has 1 aliphatic carbocycles. The molecule has 1 aliphatic rings. The van der Waals surface area contributed by atoms with Crippen LogP contribution in [0.15, 0.2) is 36.4 Å². The number of aromatic nitrogens is 2. The van der Waals surface area contributed by atoms with Crippen LogP contribution in [0.5, 0.6) is 5.75 Å². The number of hydrogen-bond donors (Lipinski definition) is 1. The van der Waals surface area contributed by atoms with Gasteiger partial charge in [0.2, 0.25) is 10.0 Å². The molecule has 0 unspecified atom stereocenters. The number of sulfonamides is 1. The van der Waals surface area contributed by atoms with Crippen LogP contribution in [0.3, 0.4) is 0 Å². The lowest BCUT2D eigenvalue weighted by atomic mass is 10.0. The lowest BCUT2D eigenvalue weighted by Crippen LogP contribution is -2.30. The fraction of sp³-hybridized carbons (Fsp3) is 0.440. The molecule has 0 bridgehead atoms. The van der Waals surface area contributed by atoms with Crippen molar-refractivity contribution in [1.29, 1.82) is 0 Å². The second-order valence-electron chi connectivity index (χ2n) is 9.17. The van der Waals surface area contributed by atoms with Gasteiger partial charge < -0.3 is 10.1 Å². The lowest BCUT2D eigenvalue weighted by molar-refractivity contribution is 0.0957. The second kappa shape index (κ2) is 9.29. The van der Waals surface area contributed by atoms with Gasteiger partial charge in [-0.05, 0) is 73.6 Å². The number of nitrogens with one attached hydrogen (secondary N) is 1. The van der Waals surface area contributed by atoms with Crippen LogP contribution >= 0.6 is 0 Å². The minimum Gasteiger partial charge on any atom is -0.493 e. The standard InChI is InChI=1S/C25H32N4O4S/c1-6-28(34(5,31)32)23-14-22-21(13-20(23)17-7-8-17)24(25(30)26-4)29(27-22)18-9-11-19(12-10-18)33-15-16(2)3/h9-14,16-17H,6-8,15H2,1-5H3,(H,26,30). The summed E-state index contributed by atoms with van der Waals surface area (Å²) in [6.45, 7) is 6.94. The van der Waals surface area contributed by atoms with E-state index in [1.807, 2.05) is 37.3 Å². The summed E-state index contributed by atoms with van der Waals surface area (Å²) in [5, 5.41) is 8.15. The first-order valence-electron chi connectivity index (χ1n) is 11.6. The summed E-state index contributed by atoms with van der Waals surface area (Å²) in [4.78, 5) is 13.0. The molecule has 8 nitrogen and oxygen atoms in total. The topological polar surface area (TPSA) is 93.5 Å². The number of ether oxygens (including phenoxy) is 1. The molecule has 1 amide bonds. The van der Waals surface area contributed by atoms with Crippen molar-refractivity contribution in [2.24, 2.45) is 5.92 Å². The average molecular weight is 485 g/mol. The van der Waals surface area contributed by atoms with E-state index in [9.17, 15) is 13.2 Å². The zero-order valence-electron chi connectivity index (χ0n) is 20.3. The third-order valence-corrected chi connectivity index (χ3v) is 7.16. The molecule has 0 spiro atoms. The second-order valence-corrected chi connectivity index (χ2v) is 11.1. The summed E-state index contributed by atoms with van der Waals surface area (Å²) in [7, 11) is -1.86. The van der Waals surface area contributed by atoms with Crippen LogP contribution in [0.4, 0.5) is 5.69 Å². The Morgan fingerprint density at radius 2 is 1.91 bits per heavy atom. The van der Waals surface area contributed by atoms with Gasteiger partial charge in [0.15, 0.2) is 0 Å². The molecular formula is C25H32N4O4S. The molecule has 0 radical (unpaired) electrons. The fourth-order valence-corrected chi connectivity index (χ4v) is 5.11. The highest BCUT2D eigenvalue weighted by atomic mass is 32.2. The quantitative estimate of drug-likeness (QED) is 0.494. The molecule has 0 saturated heterocycles. The summed E-state index contributed by atoms with van der Waals surface area (Å²) < 4.78 is 33.8. The number of carbonyl (C=O) groups is 1. The maximum atomic E-state index is 13.0. The van der Waals surface area contributed by atoms with Crippen LogP contribution in [0.1, 0.15) is 55.6 Å². The van der Waals surface area contributed by atoms with Crippen molar-refractivity contribution in [2.45, 2.75) is 39.5 Å². The lowest BCUT2D eigenvalue weighted by Gasteiger charge is -2.23. The molecule has 34 heavy (non-hydrogen) atoms. The number of fused-ring (bicyclic) bond motifs is 1. The minimum atomic E-state index is -3.45. The first-order chi connectivity index (χ1) is 16.1. The molecule has 1 heterocycles. The summed E-state index contributed by atoms with van der Waals surface area (Å²) >= 11 is 0. The van der Waals surface area contributed by atoms with E-state index >= 15 is 0 Å². The summed E-state index contributed by atoms with van der Waals surface area (Å²) in [6.07, 6.45) is 3.22. The zero-order chi connectivity index (χ0) is 24.6. The molecule has 1 fully saturated rings. The number of rotatable bonds is 9. The van der Waals surface area contributed by atoms with Crippen molar-refractivity contribution < 1.29 is 17.9 Å². The Kier molecular flexibility index (Phi) is 6.58. The molecule has 9 heteroatoms. The van der Waals surface area contributed by atoms with Gasteiger partial charge in [0.25, 0.3) is 5.91 Å². The molecule has 0 atom stereocenters. The van der Waals surface area contributed by atoms with Gasteiger partial charge in [-0.2, -0.15) is 5.10 Å². The molecular weight excluding hydrogens is 452 g/mol. The smallest absolute Gasteiger partial charge is 0.270 e. The highest BCUT2D eigenvalue weighted by Gasteiger charge is 2.32. The minimum absolute atomic E-state index is 0.257.